The lowest BCUT2D eigenvalue weighted by atomic mass is 10.4. The van der Waals surface area contributed by atoms with Gasteiger partial charge in [-0.25, -0.2) is 0 Å². The van der Waals surface area contributed by atoms with Gasteiger partial charge in [-0.1, -0.05) is 17.7 Å². The van der Waals surface area contributed by atoms with Crippen LogP contribution in [-0.2, 0) is 0 Å². The van der Waals surface area contributed by atoms with Crippen molar-refractivity contribution in [2.45, 2.75) is 11.0 Å². The van der Waals surface area contributed by atoms with Crippen LogP contribution in [0.25, 0.3) is 0 Å². The highest BCUT2D eigenvalue weighted by Gasteiger charge is 2.02. The summed E-state index contributed by atoms with van der Waals surface area (Å²) in [4.78, 5) is 1.06. The maximum atomic E-state index is 9.21. The van der Waals surface area contributed by atoms with Crippen molar-refractivity contribution in [2.24, 2.45) is 5.73 Å². The molecule has 0 saturated heterocycles. The molecule has 72 valence electrons. The van der Waals surface area contributed by atoms with Gasteiger partial charge in [0.25, 0.3) is 0 Å². The molecule has 0 saturated carbocycles. The molecule has 4 heteroatoms. The Morgan fingerprint density at radius 1 is 1.54 bits per heavy atom. The SMILES string of the molecule is NCC(O)CSc1cccc(Cl)c1. The standard InChI is InChI=1S/C9H12ClNOS/c10-7-2-1-3-9(4-7)13-6-8(12)5-11/h1-4,8,12H,5-6,11H2. The molecule has 1 aromatic rings. The van der Waals surface area contributed by atoms with Crippen LogP contribution in [0.5, 0.6) is 0 Å². The minimum atomic E-state index is -0.441. The van der Waals surface area contributed by atoms with Crippen LogP contribution in [0.1, 0.15) is 0 Å². The summed E-state index contributed by atoms with van der Waals surface area (Å²) < 4.78 is 0. The third-order valence-corrected chi connectivity index (χ3v) is 2.88. The summed E-state index contributed by atoms with van der Waals surface area (Å²) in [6.07, 6.45) is -0.441. The molecule has 0 aliphatic carbocycles. The Morgan fingerprint density at radius 2 is 2.31 bits per heavy atom. The van der Waals surface area contributed by atoms with Crippen molar-refractivity contribution < 1.29 is 5.11 Å². The lowest BCUT2D eigenvalue weighted by Crippen LogP contribution is -2.21. The predicted molar refractivity (Wildman–Crippen MR) is 57.2 cm³/mol. The zero-order valence-corrected chi connectivity index (χ0v) is 8.68. The minimum Gasteiger partial charge on any atom is -0.391 e. The quantitative estimate of drug-likeness (QED) is 0.756. The number of hydrogen-bond acceptors (Lipinski definition) is 3. The highest BCUT2D eigenvalue weighted by Crippen LogP contribution is 2.21. The van der Waals surface area contributed by atoms with E-state index in [-0.39, 0.29) is 0 Å². The number of aliphatic hydroxyl groups excluding tert-OH is 1. The number of halogens is 1. The predicted octanol–water partition coefficient (Wildman–Crippen LogP) is 1.75. The van der Waals surface area contributed by atoms with E-state index in [1.54, 1.807) is 11.8 Å². The van der Waals surface area contributed by atoms with Gasteiger partial charge in [0.1, 0.15) is 0 Å². The second-order valence-electron chi connectivity index (χ2n) is 2.66. The number of benzene rings is 1. The van der Waals surface area contributed by atoms with Crippen molar-refractivity contribution in [1.29, 1.82) is 0 Å². The lowest BCUT2D eigenvalue weighted by molar-refractivity contribution is 0.208. The summed E-state index contributed by atoms with van der Waals surface area (Å²) in [5.74, 6) is 0.608. The van der Waals surface area contributed by atoms with Gasteiger partial charge in [0, 0.05) is 22.2 Å². The summed E-state index contributed by atoms with van der Waals surface area (Å²) in [5.41, 5.74) is 5.28. The van der Waals surface area contributed by atoms with Crippen LogP contribution < -0.4 is 5.73 Å². The van der Waals surface area contributed by atoms with Gasteiger partial charge in [0.2, 0.25) is 0 Å². The molecule has 0 amide bonds. The minimum absolute atomic E-state index is 0.299. The molecule has 1 unspecified atom stereocenters. The van der Waals surface area contributed by atoms with Gasteiger partial charge < -0.3 is 10.8 Å². The molecule has 0 fully saturated rings. The first-order valence-corrected chi connectivity index (χ1v) is 5.35. The first-order chi connectivity index (χ1) is 6.22. The van der Waals surface area contributed by atoms with E-state index < -0.39 is 6.10 Å². The maximum Gasteiger partial charge on any atom is 0.0756 e. The Labute approximate surface area is 87.1 Å². The van der Waals surface area contributed by atoms with Gasteiger partial charge in [-0.05, 0) is 18.2 Å². The van der Waals surface area contributed by atoms with Crippen molar-refractivity contribution in [3.63, 3.8) is 0 Å². The van der Waals surface area contributed by atoms with Crippen molar-refractivity contribution in [1.82, 2.24) is 0 Å². The first kappa shape index (κ1) is 10.9. The Bertz CT molecular complexity index is 270. The van der Waals surface area contributed by atoms with Crippen molar-refractivity contribution in [3.05, 3.63) is 29.3 Å². The van der Waals surface area contributed by atoms with E-state index in [0.29, 0.717) is 17.3 Å². The molecular weight excluding hydrogens is 206 g/mol. The Hall–Kier alpha value is -0.220. The molecular formula is C9H12ClNOS. The summed E-state index contributed by atoms with van der Waals surface area (Å²) in [6, 6.07) is 7.54. The van der Waals surface area contributed by atoms with E-state index in [2.05, 4.69) is 0 Å². The molecule has 0 heterocycles. The summed E-state index contributed by atoms with van der Waals surface area (Å²) >= 11 is 7.35. The number of aliphatic hydroxyl groups is 1. The van der Waals surface area contributed by atoms with E-state index in [4.69, 9.17) is 17.3 Å². The number of nitrogens with two attached hydrogens (primary N) is 1. The average Bonchev–Trinajstić information content (AvgIpc) is 2.14. The molecule has 0 bridgehead atoms. The first-order valence-electron chi connectivity index (χ1n) is 3.99. The van der Waals surface area contributed by atoms with Crippen molar-refractivity contribution in [3.8, 4) is 0 Å². The van der Waals surface area contributed by atoms with E-state index in [1.165, 1.54) is 0 Å². The smallest absolute Gasteiger partial charge is 0.0756 e. The summed E-state index contributed by atoms with van der Waals surface area (Å²) in [6.45, 7) is 0.299. The van der Waals surface area contributed by atoms with Crippen LogP contribution in [0.15, 0.2) is 29.2 Å². The fraction of sp³-hybridized carbons (Fsp3) is 0.333. The van der Waals surface area contributed by atoms with Gasteiger partial charge in [-0.15, -0.1) is 11.8 Å². The topological polar surface area (TPSA) is 46.2 Å². The van der Waals surface area contributed by atoms with Crippen molar-refractivity contribution >= 4 is 23.4 Å². The third kappa shape index (κ3) is 4.00. The molecule has 0 radical (unpaired) electrons. The molecule has 2 nitrogen and oxygen atoms in total. The largest absolute Gasteiger partial charge is 0.391 e. The summed E-state index contributed by atoms with van der Waals surface area (Å²) in [5, 5.41) is 9.92. The highest BCUT2D eigenvalue weighted by atomic mass is 35.5. The fourth-order valence-corrected chi connectivity index (χ4v) is 1.98. The van der Waals surface area contributed by atoms with Crippen LogP contribution in [0.2, 0.25) is 5.02 Å². The van der Waals surface area contributed by atoms with Gasteiger partial charge in [-0.3, -0.25) is 0 Å². The zero-order valence-electron chi connectivity index (χ0n) is 7.11. The van der Waals surface area contributed by atoms with Gasteiger partial charge in [0.15, 0.2) is 0 Å². The fourth-order valence-electron chi connectivity index (χ4n) is 0.817. The van der Waals surface area contributed by atoms with Gasteiger partial charge in [0.05, 0.1) is 6.10 Å². The maximum absolute atomic E-state index is 9.21. The van der Waals surface area contributed by atoms with Gasteiger partial charge >= 0.3 is 0 Å². The second-order valence-corrected chi connectivity index (χ2v) is 4.19. The highest BCUT2D eigenvalue weighted by molar-refractivity contribution is 7.99. The van der Waals surface area contributed by atoms with Crippen LogP contribution >= 0.6 is 23.4 Å². The number of hydrogen-bond donors (Lipinski definition) is 2. The Kier molecular flexibility index (Phi) is 4.59. The van der Waals surface area contributed by atoms with E-state index >= 15 is 0 Å². The van der Waals surface area contributed by atoms with Crippen LogP contribution in [0.3, 0.4) is 0 Å². The third-order valence-electron chi connectivity index (χ3n) is 1.51. The van der Waals surface area contributed by atoms with Gasteiger partial charge in [-0.2, -0.15) is 0 Å². The molecule has 3 N–H and O–H groups in total. The molecule has 1 atom stereocenters. The monoisotopic (exact) mass is 217 g/mol. The second kappa shape index (κ2) is 5.50. The summed E-state index contributed by atoms with van der Waals surface area (Å²) in [7, 11) is 0. The van der Waals surface area contributed by atoms with E-state index in [0.717, 1.165) is 4.90 Å². The van der Waals surface area contributed by atoms with Crippen LogP contribution in [0, 0.1) is 0 Å². The van der Waals surface area contributed by atoms with E-state index in [9.17, 15) is 5.11 Å². The average molecular weight is 218 g/mol. The number of thioether (sulfide) groups is 1. The molecule has 0 aliphatic rings. The lowest BCUT2D eigenvalue weighted by Gasteiger charge is -2.06. The Balaban J connectivity index is 2.45. The zero-order chi connectivity index (χ0) is 9.68. The Morgan fingerprint density at radius 3 is 2.92 bits per heavy atom. The molecule has 1 aromatic carbocycles. The molecule has 0 aliphatic heterocycles. The van der Waals surface area contributed by atoms with Crippen LogP contribution in [-0.4, -0.2) is 23.5 Å². The molecule has 1 rings (SSSR count). The molecule has 0 aromatic heterocycles. The van der Waals surface area contributed by atoms with E-state index in [1.807, 2.05) is 24.3 Å². The molecule has 13 heavy (non-hydrogen) atoms. The van der Waals surface area contributed by atoms with Crippen LogP contribution in [0.4, 0.5) is 0 Å². The van der Waals surface area contributed by atoms with Crippen molar-refractivity contribution in [2.75, 3.05) is 12.3 Å². The number of rotatable bonds is 4. The molecule has 0 spiro atoms. The normalized spacial score (nSPS) is 12.8.